The largest absolute Gasteiger partial charge is 0.313 e. The summed E-state index contributed by atoms with van der Waals surface area (Å²) in [4.78, 5) is 0. The molecule has 0 saturated carbocycles. The van der Waals surface area contributed by atoms with Gasteiger partial charge in [-0.3, -0.25) is 0 Å². The predicted octanol–water partition coefficient (Wildman–Crippen LogP) is 3.22. The molecule has 3 heteroatoms. The molecule has 0 atom stereocenters. The van der Waals surface area contributed by atoms with E-state index in [1.54, 1.807) is 0 Å². The summed E-state index contributed by atoms with van der Waals surface area (Å²) in [6.07, 6.45) is 1.81. The number of benzene rings is 1. The van der Waals surface area contributed by atoms with Gasteiger partial charge in [0.1, 0.15) is 6.33 Å². The van der Waals surface area contributed by atoms with Gasteiger partial charge in [-0.1, -0.05) is 31.0 Å². The molecule has 0 aliphatic rings. The van der Waals surface area contributed by atoms with Gasteiger partial charge in [0.15, 0.2) is 5.82 Å². The lowest BCUT2D eigenvalue weighted by molar-refractivity contribution is 0.525. The zero-order chi connectivity index (χ0) is 12.4. The molecule has 0 bridgehead atoms. The summed E-state index contributed by atoms with van der Waals surface area (Å²) in [5.74, 6) is 1.56. The molecule has 0 aliphatic heterocycles. The summed E-state index contributed by atoms with van der Waals surface area (Å²) >= 11 is 0. The van der Waals surface area contributed by atoms with Crippen molar-refractivity contribution < 1.29 is 0 Å². The van der Waals surface area contributed by atoms with E-state index in [1.807, 2.05) is 6.33 Å². The molecular formula is C14H19N3. The molecular weight excluding hydrogens is 210 g/mol. The average Bonchev–Trinajstić information content (AvgIpc) is 2.63. The monoisotopic (exact) mass is 229 g/mol. The zero-order valence-corrected chi connectivity index (χ0v) is 10.9. The highest BCUT2D eigenvalue weighted by molar-refractivity contribution is 5.57. The quantitative estimate of drug-likeness (QED) is 0.809. The number of hydrogen-bond acceptors (Lipinski definition) is 2. The van der Waals surface area contributed by atoms with Crippen LogP contribution < -0.4 is 0 Å². The third-order valence-electron chi connectivity index (χ3n) is 2.66. The number of nitrogens with zero attached hydrogens (tertiary/aromatic N) is 3. The molecule has 90 valence electrons. The second kappa shape index (κ2) is 4.70. The molecule has 17 heavy (non-hydrogen) atoms. The molecule has 0 amide bonds. The topological polar surface area (TPSA) is 30.7 Å². The minimum Gasteiger partial charge on any atom is -0.313 e. The lowest BCUT2D eigenvalue weighted by Gasteiger charge is -2.10. The number of aryl methyl sites for hydroxylation is 2. The van der Waals surface area contributed by atoms with Gasteiger partial charge in [0.05, 0.1) is 0 Å². The van der Waals surface area contributed by atoms with Crippen molar-refractivity contribution in [1.29, 1.82) is 0 Å². The Labute approximate surface area is 103 Å². The first-order valence-corrected chi connectivity index (χ1v) is 6.02. The van der Waals surface area contributed by atoms with Crippen LogP contribution >= 0.6 is 0 Å². The van der Waals surface area contributed by atoms with E-state index in [4.69, 9.17) is 0 Å². The van der Waals surface area contributed by atoms with Crippen LogP contribution in [0.3, 0.4) is 0 Å². The van der Waals surface area contributed by atoms with Gasteiger partial charge in [-0.05, 0) is 31.9 Å². The number of aromatic nitrogens is 3. The van der Waals surface area contributed by atoms with E-state index < -0.39 is 0 Å². The Morgan fingerprint density at radius 1 is 1.12 bits per heavy atom. The molecule has 1 heterocycles. The SMILES string of the molecule is Cc1cc(C)cc(-c2nncn2CC(C)C)c1. The van der Waals surface area contributed by atoms with Gasteiger partial charge in [0.25, 0.3) is 0 Å². The van der Waals surface area contributed by atoms with Crippen LogP contribution in [0.25, 0.3) is 11.4 Å². The van der Waals surface area contributed by atoms with Gasteiger partial charge >= 0.3 is 0 Å². The molecule has 2 rings (SSSR count). The molecule has 1 aromatic carbocycles. The first kappa shape index (κ1) is 11.8. The second-order valence-electron chi connectivity index (χ2n) is 5.08. The van der Waals surface area contributed by atoms with Crippen molar-refractivity contribution in [1.82, 2.24) is 14.8 Å². The Hall–Kier alpha value is -1.64. The minimum atomic E-state index is 0.593. The minimum absolute atomic E-state index is 0.593. The zero-order valence-electron chi connectivity index (χ0n) is 10.9. The van der Waals surface area contributed by atoms with Crippen LogP contribution in [0.15, 0.2) is 24.5 Å². The molecule has 0 fully saturated rings. The summed E-state index contributed by atoms with van der Waals surface area (Å²) in [6.45, 7) is 9.57. The smallest absolute Gasteiger partial charge is 0.163 e. The van der Waals surface area contributed by atoms with Gasteiger partial charge < -0.3 is 4.57 Å². The summed E-state index contributed by atoms with van der Waals surface area (Å²) in [5, 5.41) is 8.26. The van der Waals surface area contributed by atoms with Crippen LogP contribution in [0.4, 0.5) is 0 Å². The van der Waals surface area contributed by atoms with E-state index in [9.17, 15) is 0 Å². The van der Waals surface area contributed by atoms with Crippen molar-refractivity contribution >= 4 is 0 Å². The Bertz CT molecular complexity index is 492. The summed E-state index contributed by atoms with van der Waals surface area (Å²) in [5.41, 5.74) is 3.68. The van der Waals surface area contributed by atoms with Gasteiger partial charge in [-0.25, -0.2) is 0 Å². The maximum absolute atomic E-state index is 4.23. The van der Waals surface area contributed by atoms with Gasteiger partial charge in [0, 0.05) is 12.1 Å². The molecule has 0 saturated heterocycles. The first-order valence-electron chi connectivity index (χ1n) is 6.02. The summed E-state index contributed by atoms with van der Waals surface area (Å²) in [6, 6.07) is 6.49. The molecule has 0 radical (unpaired) electrons. The van der Waals surface area contributed by atoms with Gasteiger partial charge in [0.2, 0.25) is 0 Å². The number of rotatable bonds is 3. The van der Waals surface area contributed by atoms with Crippen molar-refractivity contribution in [2.75, 3.05) is 0 Å². The number of hydrogen-bond donors (Lipinski definition) is 0. The standard InChI is InChI=1S/C14H19N3/c1-10(2)8-17-9-15-16-14(17)13-6-11(3)5-12(4)7-13/h5-7,9-10H,8H2,1-4H3. The lowest BCUT2D eigenvalue weighted by atomic mass is 10.1. The maximum atomic E-state index is 4.23. The highest BCUT2D eigenvalue weighted by Crippen LogP contribution is 2.20. The lowest BCUT2D eigenvalue weighted by Crippen LogP contribution is -2.05. The van der Waals surface area contributed by atoms with E-state index in [1.165, 1.54) is 11.1 Å². The van der Waals surface area contributed by atoms with Crippen LogP contribution in [0.2, 0.25) is 0 Å². The normalized spacial score (nSPS) is 11.1. The van der Waals surface area contributed by atoms with E-state index in [0.717, 1.165) is 17.9 Å². The highest BCUT2D eigenvalue weighted by atomic mass is 15.3. The van der Waals surface area contributed by atoms with E-state index in [2.05, 4.69) is 60.7 Å². The fourth-order valence-electron chi connectivity index (χ4n) is 2.11. The van der Waals surface area contributed by atoms with Crippen LogP contribution in [-0.4, -0.2) is 14.8 Å². The van der Waals surface area contributed by atoms with Crippen molar-refractivity contribution in [2.24, 2.45) is 5.92 Å². The maximum Gasteiger partial charge on any atom is 0.163 e. The fourth-order valence-corrected chi connectivity index (χ4v) is 2.11. The Kier molecular flexibility index (Phi) is 3.27. The molecule has 0 N–H and O–H groups in total. The molecule has 3 nitrogen and oxygen atoms in total. The molecule has 1 aromatic heterocycles. The van der Waals surface area contributed by atoms with Gasteiger partial charge in [-0.15, -0.1) is 10.2 Å². The van der Waals surface area contributed by atoms with E-state index in [-0.39, 0.29) is 0 Å². The van der Waals surface area contributed by atoms with Crippen molar-refractivity contribution in [2.45, 2.75) is 34.2 Å². The third kappa shape index (κ3) is 2.73. The Morgan fingerprint density at radius 2 is 1.76 bits per heavy atom. The first-order chi connectivity index (χ1) is 8.06. The summed E-state index contributed by atoms with van der Waals surface area (Å²) in [7, 11) is 0. The highest BCUT2D eigenvalue weighted by Gasteiger charge is 2.09. The Morgan fingerprint density at radius 3 is 2.35 bits per heavy atom. The van der Waals surface area contributed by atoms with E-state index >= 15 is 0 Å². The van der Waals surface area contributed by atoms with E-state index in [0.29, 0.717) is 5.92 Å². The molecule has 2 aromatic rings. The molecule has 0 spiro atoms. The van der Waals surface area contributed by atoms with Crippen molar-refractivity contribution in [3.05, 3.63) is 35.7 Å². The van der Waals surface area contributed by atoms with Crippen molar-refractivity contribution in [3.8, 4) is 11.4 Å². The van der Waals surface area contributed by atoms with Crippen LogP contribution in [0.1, 0.15) is 25.0 Å². The summed E-state index contributed by atoms with van der Waals surface area (Å²) < 4.78 is 2.12. The van der Waals surface area contributed by atoms with Crippen LogP contribution in [0.5, 0.6) is 0 Å². The third-order valence-corrected chi connectivity index (χ3v) is 2.66. The molecule has 0 aliphatic carbocycles. The van der Waals surface area contributed by atoms with Crippen molar-refractivity contribution in [3.63, 3.8) is 0 Å². The second-order valence-corrected chi connectivity index (χ2v) is 5.08. The van der Waals surface area contributed by atoms with Gasteiger partial charge in [-0.2, -0.15) is 0 Å². The Balaban J connectivity index is 2.42. The fraction of sp³-hybridized carbons (Fsp3) is 0.429. The van der Waals surface area contributed by atoms with Crippen LogP contribution in [-0.2, 0) is 6.54 Å². The molecule has 0 unspecified atom stereocenters. The predicted molar refractivity (Wildman–Crippen MR) is 69.8 cm³/mol. The van der Waals surface area contributed by atoms with Crippen LogP contribution in [0, 0.1) is 19.8 Å². The average molecular weight is 229 g/mol.